The monoisotopic (exact) mass is 495 g/mol. The lowest BCUT2D eigenvalue weighted by molar-refractivity contribution is -0.419. The molecule has 1 aliphatic heterocycles. The third-order valence-electron chi connectivity index (χ3n) is 4.77. The number of nitro groups is 1. The van der Waals surface area contributed by atoms with Crippen LogP contribution in [0.3, 0.4) is 0 Å². The molecule has 0 saturated heterocycles. The van der Waals surface area contributed by atoms with E-state index < -0.39 is 22.0 Å². The summed E-state index contributed by atoms with van der Waals surface area (Å²) >= 11 is 1.28. The van der Waals surface area contributed by atoms with Gasteiger partial charge < -0.3 is 9.47 Å². The Bertz CT molecular complexity index is 1230. The molecule has 35 heavy (non-hydrogen) atoms. The van der Waals surface area contributed by atoms with Crippen LogP contribution in [0.4, 0.5) is 0 Å². The van der Waals surface area contributed by atoms with Gasteiger partial charge in [0.15, 0.2) is 5.50 Å². The van der Waals surface area contributed by atoms with Gasteiger partial charge in [0.05, 0.1) is 16.1 Å². The molecule has 0 saturated carbocycles. The highest BCUT2D eigenvalue weighted by Gasteiger charge is 2.38. The Labute approximate surface area is 207 Å². The molecule has 1 atom stereocenters. The van der Waals surface area contributed by atoms with E-state index >= 15 is 0 Å². The SMILES string of the molecule is CSC1N=C(Cc2ccccc2)C([N+](=O)[O-])=C(Oc2ccc(C#N)c(C(=O)OC(C)(C)C)c2)N1N. The van der Waals surface area contributed by atoms with E-state index in [1.54, 1.807) is 27.0 Å². The van der Waals surface area contributed by atoms with Gasteiger partial charge in [-0.1, -0.05) is 30.3 Å². The van der Waals surface area contributed by atoms with Crippen LogP contribution in [0.15, 0.2) is 65.1 Å². The number of hydrogen-bond acceptors (Lipinski definition) is 10. The second-order valence-electron chi connectivity index (χ2n) is 8.54. The number of ether oxygens (including phenoxy) is 2. The first kappa shape index (κ1) is 25.7. The van der Waals surface area contributed by atoms with E-state index in [0.717, 1.165) is 10.6 Å². The van der Waals surface area contributed by atoms with Crippen LogP contribution >= 0.6 is 11.8 Å². The molecule has 2 N–H and O–H groups in total. The molecule has 0 aliphatic carbocycles. The van der Waals surface area contributed by atoms with Crippen LogP contribution in [-0.2, 0) is 11.2 Å². The maximum absolute atomic E-state index is 12.7. The molecule has 10 nitrogen and oxygen atoms in total. The molecule has 2 aromatic rings. The summed E-state index contributed by atoms with van der Waals surface area (Å²) in [4.78, 5) is 28.7. The number of allylic oxidation sites excluding steroid dienone is 1. The summed E-state index contributed by atoms with van der Waals surface area (Å²) in [6, 6.07) is 15.3. The van der Waals surface area contributed by atoms with Crippen LogP contribution < -0.4 is 10.6 Å². The number of nitriles is 1. The van der Waals surface area contributed by atoms with Gasteiger partial charge in [-0.15, -0.1) is 11.8 Å². The third-order valence-corrected chi connectivity index (χ3v) is 5.52. The second kappa shape index (κ2) is 10.6. The molecule has 1 aliphatic rings. The van der Waals surface area contributed by atoms with Crippen molar-refractivity contribution in [2.45, 2.75) is 38.3 Å². The first-order valence-electron chi connectivity index (χ1n) is 10.6. The number of hydrogen-bond donors (Lipinski definition) is 1. The molecule has 0 amide bonds. The number of nitrogens with two attached hydrogens (primary N) is 1. The largest absolute Gasteiger partial charge is 0.456 e. The molecular formula is C24H25N5O5S. The minimum absolute atomic E-state index is 0.0258. The predicted octanol–water partition coefficient (Wildman–Crippen LogP) is 3.86. The molecule has 3 rings (SSSR count). The van der Waals surface area contributed by atoms with Gasteiger partial charge in [-0.2, -0.15) is 5.26 Å². The van der Waals surface area contributed by atoms with E-state index in [9.17, 15) is 20.2 Å². The van der Waals surface area contributed by atoms with Gasteiger partial charge in [0.25, 0.3) is 5.88 Å². The van der Waals surface area contributed by atoms with Crippen LogP contribution in [0, 0.1) is 21.4 Å². The van der Waals surface area contributed by atoms with Gasteiger partial charge in [-0.25, -0.2) is 20.6 Å². The number of hydrazine groups is 1. The summed E-state index contributed by atoms with van der Waals surface area (Å²) in [7, 11) is 0. The first-order valence-corrected chi connectivity index (χ1v) is 11.8. The van der Waals surface area contributed by atoms with E-state index in [4.69, 9.17) is 15.3 Å². The average molecular weight is 496 g/mol. The maximum Gasteiger partial charge on any atom is 0.351 e. The Morgan fingerprint density at radius 2 is 1.97 bits per heavy atom. The van der Waals surface area contributed by atoms with Crippen molar-refractivity contribution >= 4 is 23.4 Å². The molecule has 0 radical (unpaired) electrons. The van der Waals surface area contributed by atoms with Gasteiger partial charge in [-0.3, -0.25) is 10.1 Å². The Kier molecular flexibility index (Phi) is 7.78. The fourth-order valence-corrected chi connectivity index (χ4v) is 3.83. The fourth-order valence-electron chi connectivity index (χ4n) is 3.27. The standard InChI is InChI=1S/C24H25N5O5S/c1-24(2,3)34-22(30)18-13-17(11-10-16(18)14-25)33-21-20(29(31)32)19(27-23(35-4)28(21)26)12-15-8-6-5-7-9-15/h5-11,13,23H,12,26H2,1-4H3. The van der Waals surface area contributed by atoms with Crippen LogP contribution in [0.2, 0.25) is 0 Å². The van der Waals surface area contributed by atoms with Crippen LogP contribution in [-0.4, -0.2) is 39.0 Å². The number of benzene rings is 2. The molecule has 0 fully saturated rings. The molecule has 2 aromatic carbocycles. The topological polar surface area (TPSA) is 144 Å². The molecule has 11 heteroatoms. The molecule has 0 spiro atoms. The number of esters is 1. The zero-order valence-electron chi connectivity index (χ0n) is 19.7. The number of rotatable bonds is 7. The summed E-state index contributed by atoms with van der Waals surface area (Å²) < 4.78 is 11.3. The Morgan fingerprint density at radius 1 is 1.29 bits per heavy atom. The average Bonchev–Trinajstić information content (AvgIpc) is 2.80. The van der Waals surface area contributed by atoms with Crippen molar-refractivity contribution in [1.82, 2.24) is 5.01 Å². The van der Waals surface area contributed by atoms with E-state index in [1.165, 1.54) is 30.0 Å². The minimum Gasteiger partial charge on any atom is -0.456 e. The van der Waals surface area contributed by atoms with E-state index in [2.05, 4.69) is 4.99 Å². The lowest BCUT2D eigenvalue weighted by atomic mass is 10.1. The summed E-state index contributed by atoms with van der Waals surface area (Å²) in [6.45, 7) is 5.11. The minimum atomic E-state index is -0.784. The van der Waals surface area contributed by atoms with E-state index in [1.807, 2.05) is 36.4 Å². The maximum atomic E-state index is 12.7. The van der Waals surface area contributed by atoms with Crippen molar-refractivity contribution in [2.24, 2.45) is 10.8 Å². The van der Waals surface area contributed by atoms with Crippen LogP contribution in [0.25, 0.3) is 0 Å². The zero-order chi connectivity index (χ0) is 25.8. The highest BCUT2D eigenvalue weighted by Crippen LogP contribution is 2.30. The Hall–Kier alpha value is -3.88. The van der Waals surface area contributed by atoms with Crippen molar-refractivity contribution in [3.8, 4) is 11.8 Å². The van der Waals surface area contributed by atoms with Crippen molar-refractivity contribution in [3.63, 3.8) is 0 Å². The molecule has 0 bridgehead atoms. The molecular weight excluding hydrogens is 470 g/mol. The molecule has 1 heterocycles. The third kappa shape index (κ3) is 6.17. The van der Waals surface area contributed by atoms with Gasteiger partial charge >= 0.3 is 11.7 Å². The quantitative estimate of drug-likeness (QED) is 0.262. The summed E-state index contributed by atoms with van der Waals surface area (Å²) in [5.74, 6) is 5.31. The van der Waals surface area contributed by atoms with Gasteiger partial charge in [0, 0.05) is 6.42 Å². The first-order chi connectivity index (χ1) is 16.5. The number of nitrogens with zero attached hydrogens (tertiary/aromatic N) is 4. The molecule has 0 aromatic heterocycles. The number of carbonyl (C=O) groups excluding carboxylic acids is 1. The smallest absolute Gasteiger partial charge is 0.351 e. The van der Waals surface area contributed by atoms with Crippen molar-refractivity contribution in [2.75, 3.05) is 6.26 Å². The zero-order valence-corrected chi connectivity index (χ0v) is 20.5. The number of carbonyl (C=O) groups is 1. The van der Waals surface area contributed by atoms with Crippen molar-refractivity contribution < 1.29 is 19.2 Å². The van der Waals surface area contributed by atoms with Gasteiger partial charge in [0.1, 0.15) is 23.1 Å². The summed E-state index contributed by atoms with van der Waals surface area (Å²) in [5.41, 5.74) is -0.743. The summed E-state index contributed by atoms with van der Waals surface area (Å²) in [5, 5.41) is 22.6. The van der Waals surface area contributed by atoms with Gasteiger partial charge in [-0.05, 0) is 50.8 Å². The fraction of sp³-hybridized carbons (Fsp3) is 0.292. The predicted molar refractivity (Wildman–Crippen MR) is 132 cm³/mol. The highest BCUT2D eigenvalue weighted by atomic mass is 32.2. The lowest BCUT2D eigenvalue weighted by Gasteiger charge is -2.30. The van der Waals surface area contributed by atoms with Crippen molar-refractivity contribution in [1.29, 1.82) is 5.26 Å². The van der Waals surface area contributed by atoms with Crippen LogP contribution in [0.1, 0.15) is 42.3 Å². The Balaban J connectivity index is 2.05. The second-order valence-corrected chi connectivity index (χ2v) is 9.43. The number of aliphatic imine (C=N–C) groups is 1. The highest BCUT2D eigenvalue weighted by molar-refractivity contribution is 7.99. The Morgan fingerprint density at radius 3 is 2.54 bits per heavy atom. The van der Waals surface area contributed by atoms with E-state index in [-0.39, 0.29) is 40.6 Å². The van der Waals surface area contributed by atoms with E-state index in [0.29, 0.717) is 0 Å². The molecule has 182 valence electrons. The van der Waals surface area contributed by atoms with Gasteiger partial charge in [0.2, 0.25) is 0 Å². The van der Waals surface area contributed by atoms with Crippen LogP contribution in [0.5, 0.6) is 5.75 Å². The number of thioether (sulfide) groups is 1. The normalized spacial score (nSPS) is 15.8. The van der Waals surface area contributed by atoms with Crippen molar-refractivity contribution in [3.05, 3.63) is 86.9 Å². The molecule has 1 unspecified atom stereocenters. The summed E-state index contributed by atoms with van der Waals surface area (Å²) in [6.07, 6.45) is 1.97. The lowest BCUT2D eigenvalue weighted by Crippen LogP contribution is -2.45.